The molecule has 0 saturated heterocycles. The van der Waals surface area contributed by atoms with Crippen molar-refractivity contribution < 1.29 is 14.2 Å². The van der Waals surface area contributed by atoms with Gasteiger partial charge in [-0.25, -0.2) is 9.55 Å². The van der Waals surface area contributed by atoms with Gasteiger partial charge in [-0.3, -0.25) is 9.59 Å². The average molecular weight is 493 g/mol. The van der Waals surface area contributed by atoms with E-state index in [4.69, 9.17) is 46.4 Å². The van der Waals surface area contributed by atoms with E-state index < -0.39 is 0 Å². The highest BCUT2D eigenvalue weighted by atomic mass is 35.5. The van der Waals surface area contributed by atoms with E-state index in [9.17, 15) is 9.59 Å². The lowest BCUT2D eigenvalue weighted by Crippen LogP contribution is -2.34. The van der Waals surface area contributed by atoms with Gasteiger partial charge in [0.25, 0.3) is 16.6 Å². The molecule has 0 saturated carbocycles. The molecule has 0 radical (unpaired) electrons. The van der Waals surface area contributed by atoms with Crippen LogP contribution in [0, 0.1) is 0 Å². The third-order valence-corrected chi connectivity index (χ3v) is 6.67. The van der Waals surface area contributed by atoms with Crippen LogP contribution in [-0.2, 0) is 6.54 Å². The van der Waals surface area contributed by atoms with Crippen LogP contribution in [0.15, 0.2) is 55.1 Å². The predicted molar refractivity (Wildman–Crippen MR) is 117 cm³/mol. The van der Waals surface area contributed by atoms with Gasteiger partial charge in [-0.2, -0.15) is 4.68 Å². The van der Waals surface area contributed by atoms with Gasteiger partial charge in [0.1, 0.15) is 12.9 Å². The smallest absolute Gasteiger partial charge is 0.280 e. The van der Waals surface area contributed by atoms with Crippen LogP contribution >= 0.6 is 46.4 Å². The van der Waals surface area contributed by atoms with Crippen LogP contribution < -0.4 is 4.57 Å². The molecule has 1 aliphatic carbocycles. The van der Waals surface area contributed by atoms with Crippen LogP contribution in [0.3, 0.4) is 0 Å². The fraction of sp³-hybridized carbons (Fsp3) is 0.0476. The summed E-state index contributed by atoms with van der Waals surface area (Å²) in [4.78, 5) is 29.7. The minimum atomic E-state index is -0.182. The molecule has 0 fully saturated rings. The Balaban J connectivity index is 1.53. The first-order chi connectivity index (χ1) is 14.9. The van der Waals surface area contributed by atoms with Crippen molar-refractivity contribution in [3.8, 4) is 0 Å². The van der Waals surface area contributed by atoms with E-state index in [2.05, 4.69) is 4.98 Å². The molecule has 0 amide bonds. The molecule has 2 heterocycles. The van der Waals surface area contributed by atoms with Crippen molar-refractivity contribution in [3.05, 3.63) is 104 Å². The first-order valence-electron chi connectivity index (χ1n) is 9.03. The predicted octanol–water partition coefficient (Wildman–Crippen LogP) is 4.72. The van der Waals surface area contributed by atoms with Gasteiger partial charge in [-0.15, -0.1) is 4.68 Å². The van der Waals surface area contributed by atoms with Crippen LogP contribution in [-0.4, -0.2) is 25.9 Å². The van der Waals surface area contributed by atoms with Crippen molar-refractivity contribution in [2.75, 3.05) is 0 Å². The van der Waals surface area contributed by atoms with Gasteiger partial charge in [0.05, 0.1) is 0 Å². The van der Waals surface area contributed by atoms with Gasteiger partial charge in [0, 0.05) is 22.3 Å². The van der Waals surface area contributed by atoms with Gasteiger partial charge in [-0.1, -0.05) is 53.5 Å². The minimum absolute atomic E-state index is 0.132. The van der Waals surface area contributed by atoms with Gasteiger partial charge in [0.15, 0.2) is 21.9 Å². The number of nitrogens with zero attached hydrogens (tertiary/aromatic N) is 4. The van der Waals surface area contributed by atoms with Crippen LogP contribution in [0.4, 0.5) is 0 Å². The highest BCUT2D eigenvalue weighted by Gasteiger charge is 2.30. The Hall–Kier alpha value is -2.64. The zero-order valence-corrected chi connectivity index (χ0v) is 18.5. The Morgan fingerprint density at radius 1 is 0.806 bits per heavy atom. The number of imidazole rings is 2. The Labute approximate surface area is 196 Å². The van der Waals surface area contributed by atoms with Crippen LogP contribution in [0.25, 0.3) is 0 Å². The van der Waals surface area contributed by atoms with Gasteiger partial charge >= 0.3 is 0 Å². The second kappa shape index (κ2) is 7.50. The van der Waals surface area contributed by atoms with E-state index in [1.807, 2.05) is 0 Å². The third kappa shape index (κ3) is 3.18. The molecule has 10 heteroatoms. The molecule has 6 nitrogen and oxygen atoms in total. The second-order valence-electron chi connectivity index (χ2n) is 6.92. The number of ketones is 2. The maximum Gasteiger partial charge on any atom is 0.280 e. The molecule has 4 aromatic rings. The summed E-state index contributed by atoms with van der Waals surface area (Å²) < 4.78 is 4.62. The molecule has 0 spiro atoms. The number of fused-ring (bicyclic) bond motifs is 2. The number of aromatic nitrogens is 4. The Bertz CT molecular complexity index is 1410. The summed E-state index contributed by atoms with van der Waals surface area (Å²) >= 11 is 24.9. The zero-order chi connectivity index (χ0) is 21.9. The van der Waals surface area contributed by atoms with Gasteiger partial charge < -0.3 is 0 Å². The monoisotopic (exact) mass is 491 g/mol. The van der Waals surface area contributed by atoms with E-state index in [1.165, 1.54) is 15.7 Å². The average Bonchev–Trinajstić information content (AvgIpc) is 3.25. The fourth-order valence-corrected chi connectivity index (χ4v) is 4.33. The lowest BCUT2D eigenvalue weighted by atomic mass is 9.83. The fourth-order valence-electron chi connectivity index (χ4n) is 3.60. The standard InChI is InChI=1S/C21H11Cl4N4O2/c22-18-19(23)28(9-26-18)29-10-27(20(24)21(29)25)8-11-5-6-14-15(7-11)17(31)13-4-2-1-3-12(13)16(14)30/h1-7,9-10H,8H2/q+1. The van der Waals surface area contributed by atoms with E-state index in [0.29, 0.717) is 28.8 Å². The molecule has 0 unspecified atom stereocenters. The number of rotatable bonds is 3. The first-order valence-corrected chi connectivity index (χ1v) is 10.5. The Kier molecular flexibility index (Phi) is 4.90. The zero-order valence-electron chi connectivity index (χ0n) is 15.5. The van der Waals surface area contributed by atoms with E-state index in [1.54, 1.807) is 53.4 Å². The summed E-state index contributed by atoms with van der Waals surface area (Å²) in [5.41, 5.74) is 2.36. The Morgan fingerprint density at radius 2 is 1.45 bits per heavy atom. The SMILES string of the molecule is O=C1c2ccccc2C(=O)c2cc(C[n+]3cn(-n4cnc(Cl)c4Cl)c(Cl)c3Cl)ccc21. The highest BCUT2D eigenvalue weighted by Crippen LogP contribution is 2.29. The summed E-state index contributed by atoms with van der Waals surface area (Å²) in [6.45, 7) is 0.308. The van der Waals surface area contributed by atoms with Crippen molar-refractivity contribution in [1.82, 2.24) is 14.3 Å². The van der Waals surface area contributed by atoms with Crippen molar-refractivity contribution in [2.24, 2.45) is 0 Å². The number of carbonyl (C=O) groups excluding carboxylic acids is 2. The van der Waals surface area contributed by atoms with Gasteiger partial charge in [0.2, 0.25) is 0 Å². The second-order valence-corrected chi connectivity index (χ2v) is 8.36. The summed E-state index contributed by atoms with van der Waals surface area (Å²) in [6, 6.07) is 12.0. The summed E-state index contributed by atoms with van der Waals surface area (Å²) in [6.07, 6.45) is 3.05. The van der Waals surface area contributed by atoms with E-state index in [-0.39, 0.29) is 32.2 Å². The third-order valence-electron chi connectivity index (χ3n) is 5.10. The normalized spacial score (nSPS) is 12.8. The maximum absolute atomic E-state index is 13.0. The molecular weight excluding hydrogens is 482 g/mol. The number of halogens is 4. The first kappa shape index (κ1) is 20.3. The number of hydrogen-bond acceptors (Lipinski definition) is 3. The van der Waals surface area contributed by atoms with Crippen LogP contribution in [0.2, 0.25) is 20.6 Å². The molecule has 2 aromatic heterocycles. The number of benzene rings is 2. The summed E-state index contributed by atoms with van der Waals surface area (Å²) in [5, 5.41) is 0.773. The molecular formula is C21H11Cl4N4O2+. The minimum Gasteiger partial charge on any atom is -0.289 e. The molecule has 31 heavy (non-hydrogen) atoms. The quantitative estimate of drug-likeness (QED) is 0.342. The lowest BCUT2D eigenvalue weighted by molar-refractivity contribution is -0.685. The molecule has 0 bridgehead atoms. The van der Waals surface area contributed by atoms with E-state index in [0.717, 1.165) is 5.56 Å². The topological polar surface area (TPSA) is 60.8 Å². The molecule has 5 rings (SSSR count). The van der Waals surface area contributed by atoms with Crippen molar-refractivity contribution in [2.45, 2.75) is 6.54 Å². The summed E-state index contributed by atoms with van der Waals surface area (Å²) in [5.74, 6) is -0.346. The van der Waals surface area contributed by atoms with Gasteiger partial charge in [-0.05, 0) is 40.9 Å². The molecule has 0 N–H and O–H groups in total. The molecule has 2 aromatic carbocycles. The highest BCUT2D eigenvalue weighted by molar-refractivity contribution is 6.41. The van der Waals surface area contributed by atoms with Crippen molar-refractivity contribution >= 4 is 58.0 Å². The molecule has 0 aliphatic heterocycles. The van der Waals surface area contributed by atoms with Crippen LogP contribution in [0.5, 0.6) is 0 Å². The lowest BCUT2D eigenvalue weighted by Gasteiger charge is -2.17. The van der Waals surface area contributed by atoms with E-state index >= 15 is 0 Å². The van der Waals surface area contributed by atoms with Crippen molar-refractivity contribution in [3.63, 3.8) is 0 Å². The van der Waals surface area contributed by atoms with Crippen LogP contribution in [0.1, 0.15) is 37.4 Å². The maximum atomic E-state index is 13.0. The largest absolute Gasteiger partial charge is 0.289 e. The van der Waals surface area contributed by atoms with Crippen molar-refractivity contribution in [1.29, 1.82) is 0 Å². The summed E-state index contributed by atoms with van der Waals surface area (Å²) in [7, 11) is 0. The molecule has 154 valence electrons. The molecule has 1 aliphatic rings. The Morgan fingerprint density at radius 3 is 2.10 bits per heavy atom. The number of hydrogen-bond donors (Lipinski definition) is 0. The molecule has 0 atom stereocenters. The number of carbonyl (C=O) groups is 2.